The highest BCUT2D eigenvalue weighted by Crippen LogP contribution is 2.45. The molecule has 286 valence electrons. The molecule has 4 aliphatic rings. The number of aromatic nitrogens is 2. The molecule has 1 saturated heterocycles. The van der Waals surface area contributed by atoms with Crippen molar-refractivity contribution < 1.29 is 32.3 Å². The summed E-state index contributed by atoms with van der Waals surface area (Å²) in [6.45, 7) is 7.24. The molecule has 2 aliphatic carbocycles. The van der Waals surface area contributed by atoms with Crippen molar-refractivity contribution in [2.24, 2.45) is 11.8 Å². The number of nitrogens with one attached hydrogen (secondary N) is 3. The van der Waals surface area contributed by atoms with E-state index < -0.39 is 74.6 Å². The number of rotatable bonds is 8. The van der Waals surface area contributed by atoms with Crippen LogP contribution in [-0.2, 0) is 35.6 Å². The largest absolute Gasteiger partial charge is 0.449 e. The standard InChI is InChI=1S/C38H44N6O8S2/c1-4-25-19-38(25,36(48)42-54(50,51)27-12-13-27)41-33(45)30-18-26-21-43(30)35(47)32(22(2)3)40-37(49)52-15-8-6-5-7-9-28-29(20-39-44(26)34(28)46)24-11-10-23-14-16-53-31(23)17-24/h4-6,10-11,14,16-17,20,22,25-27,30,32H,1,7-9,12-13,15,18-19,21H2,2-3H3,(H,40,49)(H,41,45)(H,42,48)/b6-5+/t25-,26?,30+,32+,38?/m1/s1. The maximum Gasteiger partial charge on any atom is 0.407 e. The molecule has 0 spiro atoms. The lowest BCUT2D eigenvalue weighted by molar-refractivity contribution is -0.141. The number of hydrogen-bond acceptors (Lipinski definition) is 10. The molecule has 16 heteroatoms. The summed E-state index contributed by atoms with van der Waals surface area (Å²) >= 11 is 1.60. The summed E-state index contributed by atoms with van der Waals surface area (Å²) in [6.07, 6.45) is 8.51. The molecule has 2 saturated carbocycles. The van der Waals surface area contributed by atoms with Gasteiger partial charge in [-0.25, -0.2) is 17.9 Å². The van der Waals surface area contributed by atoms with E-state index >= 15 is 0 Å². The molecule has 4 heterocycles. The third-order valence-corrected chi connectivity index (χ3v) is 13.5. The maximum atomic E-state index is 14.5. The van der Waals surface area contributed by atoms with Crippen LogP contribution in [0.2, 0.25) is 0 Å². The number of nitrogens with zero attached hydrogens (tertiary/aromatic N) is 3. The normalized spacial score (nSPS) is 26.8. The van der Waals surface area contributed by atoms with Crippen molar-refractivity contribution in [3.05, 3.63) is 76.6 Å². The summed E-state index contributed by atoms with van der Waals surface area (Å²) in [4.78, 5) is 70.8. The van der Waals surface area contributed by atoms with Gasteiger partial charge in [-0.15, -0.1) is 17.9 Å². The first-order valence-electron chi connectivity index (χ1n) is 18.3. The first-order valence-corrected chi connectivity index (χ1v) is 20.7. The number of benzene rings is 1. The van der Waals surface area contributed by atoms with Gasteiger partial charge in [-0.2, -0.15) is 5.10 Å². The monoisotopic (exact) mass is 776 g/mol. The van der Waals surface area contributed by atoms with Crippen LogP contribution >= 0.6 is 11.3 Å². The topological polar surface area (TPSA) is 186 Å². The molecule has 0 radical (unpaired) electrons. The highest BCUT2D eigenvalue weighted by Gasteiger charge is 2.62. The zero-order valence-corrected chi connectivity index (χ0v) is 31.8. The van der Waals surface area contributed by atoms with E-state index in [1.165, 1.54) is 15.7 Å². The van der Waals surface area contributed by atoms with Gasteiger partial charge in [-0.3, -0.25) is 23.9 Å². The van der Waals surface area contributed by atoms with Gasteiger partial charge < -0.3 is 20.3 Å². The van der Waals surface area contributed by atoms with Crippen molar-refractivity contribution in [1.82, 2.24) is 30.0 Å². The minimum Gasteiger partial charge on any atom is -0.449 e. The maximum absolute atomic E-state index is 14.5. The molecule has 14 nitrogen and oxygen atoms in total. The van der Waals surface area contributed by atoms with E-state index in [-0.39, 0.29) is 31.6 Å². The average molecular weight is 777 g/mol. The Balaban J connectivity index is 1.26. The molecular weight excluding hydrogens is 733 g/mol. The Morgan fingerprint density at radius 3 is 2.65 bits per heavy atom. The Hall–Kier alpha value is -4.83. The second-order valence-electron chi connectivity index (χ2n) is 14.8. The highest BCUT2D eigenvalue weighted by molar-refractivity contribution is 7.91. The minimum absolute atomic E-state index is 0.0313. The van der Waals surface area contributed by atoms with Crippen LogP contribution in [0.5, 0.6) is 0 Å². The molecule has 1 aromatic carbocycles. The number of carbonyl (C=O) groups is 4. The van der Waals surface area contributed by atoms with Gasteiger partial charge >= 0.3 is 6.09 Å². The summed E-state index contributed by atoms with van der Waals surface area (Å²) in [5.74, 6) is -3.10. The molecule has 54 heavy (non-hydrogen) atoms. The van der Waals surface area contributed by atoms with E-state index in [0.29, 0.717) is 43.2 Å². The molecule has 3 aromatic rings. The number of alkyl carbamates (subject to hydrolysis) is 1. The van der Waals surface area contributed by atoms with Gasteiger partial charge in [0.05, 0.1) is 24.1 Å². The number of fused-ring (bicyclic) bond motifs is 6. The van der Waals surface area contributed by atoms with Crippen LogP contribution in [0.3, 0.4) is 0 Å². The van der Waals surface area contributed by atoms with Crippen LogP contribution in [0.15, 0.2) is 65.4 Å². The summed E-state index contributed by atoms with van der Waals surface area (Å²) in [5.41, 5.74) is 0.143. The summed E-state index contributed by atoms with van der Waals surface area (Å²) in [6, 6.07) is 5.01. The lowest BCUT2D eigenvalue weighted by Gasteiger charge is -2.31. The van der Waals surface area contributed by atoms with Gasteiger partial charge in [0.25, 0.3) is 11.5 Å². The van der Waals surface area contributed by atoms with Crippen molar-refractivity contribution in [3.8, 4) is 11.1 Å². The van der Waals surface area contributed by atoms with Crippen LogP contribution in [0.25, 0.3) is 21.2 Å². The average Bonchev–Trinajstić information content (AvgIpc) is 4.02. The van der Waals surface area contributed by atoms with Crippen molar-refractivity contribution in [2.75, 3.05) is 13.2 Å². The van der Waals surface area contributed by atoms with E-state index in [0.717, 1.165) is 15.6 Å². The van der Waals surface area contributed by atoms with Crippen molar-refractivity contribution in [1.29, 1.82) is 0 Å². The van der Waals surface area contributed by atoms with Crippen LogP contribution in [0, 0.1) is 11.8 Å². The van der Waals surface area contributed by atoms with Crippen molar-refractivity contribution in [3.63, 3.8) is 0 Å². The summed E-state index contributed by atoms with van der Waals surface area (Å²) in [5, 5.41) is 12.5. The Kier molecular flexibility index (Phi) is 10.3. The number of cyclic esters (lactones) is 1. The number of ether oxygens (including phenoxy) is 1. The Morgan fingerprint density at radius 2 is 1.93 bits per heavy atom. The first kappa shape index (κ1) is 37.5. The zero-order valence-electron chi connectivity index (χ0n) is 30.2. The van der Waals surface area contributed by atoms with Crippen molar-refractivity contribution >= 4 is 55.3 Å². The molecule has 2 aliphatic heterocycles. The predicted octanol–water partition coefficient (Wildman–Crippen LogP) is 3.58. The molecule has 3 N–H and O–H groups in total. The third-order valence-electron chi connectivity index (χ3n) is 10.8. The molecular formula is C38H44N6O8S2. The summed E-state index contributed by atoms with van der Waals surface area (Å²) < 4.78 is 35.3. The fourth-order valence-corrected chi connectivity index (χ4v) is 9.61. The Bertz CT molecular complexity index is 2210. The molecule has 4 amide bonds. The van der Waals surface area contributed by atoms with Crippen LogP contribution in [0.1, 0.15) is 64.0 Å². The van der Waals surface area contributed by atoms with E-state index in [4.69, 9.17) is 4.74 Å². The minimum atomic E-state index is -3.92. The van der Waals surface area contributed by atoms with Gasteiger partial charge in [-0.05, 0) is 72.9 Å². The summed E-state index contributed by atoms with van der Waals surface area (Å²) in [7, 11) is -3.92. The fourth-order valence-electron chi connectivity index (χ4n) is 7.42. The number of allylic oxidation sites excluding steroid dienone is 1. The molecule has 3 fully saturated rings. The molecule has 4 bridgehead atoms. The van der Waals surface area contributed by atoms with E-state index in [1.54, 1.807) is 31.4 Å². The van der Waals surface area contributed by atoms with Gasteiger partial charge in [0.1, 0.15) is 17.6 Å². The van der Waals surface area contributed by atoms with Crippen LogP contribution in [-0.4, -0.2) is 82.9 Å². The van der Waals surface area contributed by atoms with Crippen LogP contribution < -0.4 is 20.9 Å². The highest BCUT2D eigenvalue weighted by atomic mass is 32.2. The predicted molar refractivity (Wildman–Crippen MR) is 203 cm³/mol. The van der Waals surface area contributed by atoms with E-state index in [1.807, 2.05) is 41.8 Å². The van der Waals surface area contributed by atoms with E-state index in [9.17, 15) is 32.4 Å². The second-order valence-corrected chi connectivity index (χ2v) is 17.7. The number of sulfonamides is 1. The van der Waals surface area contributed by atoms with Gasteiger partial charge in [0, 0.05) is 34.7 Å². The SMILES string of the molecule is C=C[C@@H]1CC1(NC(=O)[C@@H]1CC2CN1C(=O)[C@H](C(C)C)NC(=O)OCC/C=C/CCc1c(-c3ccc4ccsc4c3)cnn2c1=O)C(=O)NS(=O)(=O)C1CC1. The Labute approximate surface area is 317 Å². The zero-order chi connectivity index (χ0) is 38.4. The van der Waals surface area contributed by atoms with Crippen LogP contribution in [0.4, 0.5) is 4.79 Å². The van der Waals surface area contributed by atoms with Gasteiger partial charge in [0.15, 0.2) is 0 Å². The van der Waals surface area contributed by atoms with E-state index in [2.05, 4.69) is 27.0 Å². The van der Waals surface area contributed by atoms with Gasteiger partial charge in [0.2, 0.25) is 21.8 Å². The number of thiophene rings is 1. The molecule has 7 rings (SSSR count). The Morgan fingerprint density at radius 1 is 1.15 bits per heavy atom. The molecule has 5 atom stereocenters. The number of hydrogen-bond donors (Lipinski definition) is 3. The smallest absolute Gasteiger partial charge is 0.407 e. The quantitative estimate of drug-likeness (QED) is 0.288. The fraction of sp³-hybridized carbons (Fsp3) is 0.474. The second kappa shape index (κ2) is 14.8. The molecule has 2 aromatic heterocycles. The molecule has 2 unspecified atom stereocenters. The first-order chi connectivity index (χ1) is 25.8. The lowest BCUT2D eigenvalue weighted by atomic mass is 9.98. The van der Waals surface area contributed by atoms with Crippen molar-refractivity contribution in [2.45, 2.75) is 87.7 Å². The number of amides is 4. The number of carbonyl (C=O) groups excluding carboxylic acids is 4. The lowest BCUT2D eigenvalue weighted by Crippen LogP contribution is -2.59. The van der Waals surface area contributed by atoms with Gasteiger partial charge in [-0.1, -0.05) is 44.2 Å². The third kappa shape index (κ3) is 7.32.